The lowest BCUT2D eigenvalue weighted by Crippen LogP contribution is -2.35. The quantitative estimate of drug-likeness (QED) is 0.347. The van der Waals surface area contributed by atoms with Crippen molar-refractivity contribution in [1.82, 2.24) is 0 Å². The van der Waals surface area contributed by atoms with Gasteiger partial charge in [0.1, 0.15) is 0 Å². The number of hydrogen-bond acceptors (Lipinski definition) is 2. The van der Waals surface area contributed by atoms with E-state index in [9.17, 15) is 9.90 Å². The highest BCUT2D eigenvalue weighted by molar-refractivity contribution is 5.63. The summed E-state index contributed by atoms with van der Waals surface area (Å²) in [7, 11) is 6.87. The largest absolute Gasteiger partial charge is 0.550 e. The molecule has 140 valence electrons. The highest BCUT2D eigenvalue weighted by Crippen LogP contribution is 2.12. The number of nitrogens with zero attached hydrogens (tertiary/aromatic N) is 1. The molecule has 0 aliphatic rings. The summed E-state index contributed by atoms with van der Waals surface area (Å²) in [5.74, 6) is -0.995. The van der Waals surface area contributed by atoms with Crippen molar-refractivity contribution in [3.05, 3.63) is 0 Å². The molecule has 0 rings (SSSR count). The number of unbranched alkanes of at least 4 members (excludes halogenated alkanes) is 11. The third-order valence-electron chi connectivity index (χ3n) is 3.97. The van der Waals surface area contributed by atoms with Gasteiger partial charge >= 0.3 is 0 Å². The van der Waals surface area contributed by atoms with Crippen LogP contribution >= 0.6 is 0 Å². The molecule has 0 unspecified atom stereocenters. The number of aliphatic carboxylic acids is 1. The number of carboxylic acid groups (broad SMARTS) is 1. The smallest absolute Gasteiger partial charge is 0.0780 e. The number of carboxylic acids is 1. The molecule has 0 bridgehead atoms. The van der Waals surface area contributed by atoms with Gasteiger partial charge in [0.15, 0.2) is 0 Å². The Hall–Kier alpha value is -0.570. The molecule has 0 aliphatic carbocycles. The summed E-state index contributed by atoms with van der Waals surface area (Å²) in [4.78, 5) is 9.26. The Morgan fingerprint density at radius 3 is 1.26 bits per heavy atom. The summed E-state index contributed by atoms with van der Waals surface area (Å²) in [6, 6.07) is 0. The van der Waals surface area contributed by atoms with Gasteiger partial charge in [0.25, 0.3) is 0 Å². The van der Waals surface area contributed by atoms with Gasteiger partial charge in [-0.1, -0.05) is 78.1 Å². The van der Waals surface area contributed by atoms with Gasteiger partial charge in [-0.2, -0.15) is 0 Å². The molecule has 0 N–H and O–H groups in total. The summed E-state index contributed by atoms with van der Waals surface area (Å²) in [5.41, 5.74) is 0. The maximum absolute atomic E-state index is 9.26. The first-order valence-electron chi connectivity index (χ1n) is 9.83. The molecule has 0 spiro atoms. The molecule has 0 atom stereocenters. The van der Waals surface area contributed by atoms with Crippen molar-refractivity contribution in [3.8, 4) is 0 Å². The average Bonchev–Trinajstić information content (AvgIpc) is 2.48. The third kappa shape index (κ3) is 30.0. The first-order valence-corrected chi connectivity index (χ1v) is 9.83. The van der Waals surface area contributed by atoms with Crippen molar-refractivity contribution in [3.63, 3.8) is 0 Å². The van der Waals surface area contributed by atoms with E-state index >= 15 is 0 Å². The van der Waals surface area contributed by atoms with Crippen LogP contribution in [0, 0.1) is 0 Å². The first-order chi connectivity index (χ1) is 10.8. The molecule has 0 heterocycles. The second kappa shape index (κ2) is 17.8. The SMILES string of the molecule is CCC(=O)[O-].CCCCCCCCCCCCCC[N+](C)(C)C. The molecule has 3 nitrogen and oxygen atoms in total. The van der Waals surface area contributed by atoms with Gasteiger partial charge in [-0.15, -0.1) is 0 Å². The molecule has 0 aromatic rings. The van der Waals surface area contributed by atoms with Crippen LogP contribution in [0.5, 0.6) is 0 Å². The van der Waals surface area contributed by atoms with Crippen LogP contribution in [-0.4, -0.2) is 38.1 Å². The molecule has 0 amide bonds. The van der Waals surface area contributed by atoms with E-state index in [-0.39, 0.29) is 6.42 Å². The van der Waals surface area contributed by atoms with E-state index in [4.69, 9.17) is 0 Å². The van der Waals surface area contributed by atoms with E-state index in [0.717, 1.165) is 4.48 Å². The summed E-state index contributed by atoms with van der Waals surface area (Å²) >= 11 is 0. The molecule has 0 fully saturated rings. The van der Waals surface area contributed by atoms with E-state index < -0.39 is 5.97 Å². The van der Waals surface area contributed by atoms with Crippen LogP contribution < -0.4 is 5.11 Å². The van der Waals surface area contributed by atoms with Gasteiger partial charge < -0.3 is 14.4 Å². The molecule has 3 heteroatoms. The molecule has 0 aromatic carbocycles. The van der Waals surface area contributed by atoms with Crippen molar-refractivity contribution in [2.75, 3.05) is 27.7 Å². The maximum atomic E-state index is 9.26. The fourth-order valence-electron chi connectivity index (χ4n) is 2.43. The zero-order chi connectivity index (χ0) is 18.0. The van der Waals surface area contributed by atoms with E-state index in [1.165, 1.54) is 90.5 Å². The van der Waals surface area contributed by atoms with Crippen LogP contribution in [0.25, 0.3) is 0 Å². The minimum atomic E-state index is -0.995. The van der Waals surface area contributed by atoms with Crippen molar-refractivity contribution in [2.45, 2.75) is 97.3 Å². The van der Waals surface area contributed by atoms with Crippen molar-refractivity contribution in [2.24, 2.45) is 0 Å². The predicted molar refractivity (Wildman–Crippen MR) is 99.3 cm³/mol. The predicted octanol–water partition coefficient (Wildman–Crippen LogP) is 4.54. The first kappa shape index (κ1) is 24.7. The molecule has 0 aromatic heterocycles. The van der Waals surface area contributed by atoms with E-state index in [1.54, 1.807) is 0 Å². The molecule has 0 saturated heterocycles. The minimum Gasteiger partial charge on any atom is -0.550 e. The summed E-state index contributed by atoms with van der Waals surface area (Å²) < 4.78 is 1.12. The molecule has 0 aliphatic heterocycles. The second-order valence-corrected chi connectivity index (χ2v) is 7.63. The summed E-state index contributed by atoms with van der Waals surface area (Å²) in [6.45, 7) is 5.16. The number of quaternary nitrogens is 1. The summed E-state index contributed by atoms with van der Waals surface area (Å²) in [6.07, 6.45) is 17.5. The maximum Gasteiger partial charge on any atom is 0.0780 e. The third-order valence-corrected chi connectivity index (χ3v) is 3.97. The zero-order valence-corrected chi connectivity index (χ0v) is 16.7. The summed E-state index contributed by atoms with van der Waals surface area (Å²) in [5, 5.41) is 9.26. The van der Waals surface area contributed by atoms with Gasteiger partial charge in [0, 0.05) is 5.97 Å². The number of hydrogen-bond donors (Lipinski definition) is 0. The molecular formula is C20H43NO2. The van der Waals surface area contributed by atoms with Crippen LogP contribution in [0.15, 0.2) is 0 Å². The van der Waals surface area contributed by atoms with Crippen LogP contribution in [0.2, 0.25) is 0 Å². The van der Waals surface area contributed by atoms with Gasteiger partial charge in [0.2, 0.25) is 0 Å². The van der Waals surface area contributed by atoms with Crippen molar-refractivity contribution in [1.29, 1.82) is 0 Å². The lowest BCUT2D eigenvalue weighted by Gasteiger charge is -2.23. The van der Waals surface area contributed by atoms with Crippen molar-refractivity contribution >= 4 is 5.97 Å². The van der Waals surface area contributed by atoms with Crippen LogP contribution in [0.4, 0.5) is 0 Å². The van der Waals surface area contributed by atoms with Gasteiger partial charge in [-0.25, -0.2) is 0 Å². The topological polar surface area (TPSA) is 40.1 Å². The van der Waals surface area contributed by atoms with Crippen LogP contribution in [-0.2, 0) is 4.79 Å². The number of carbonyl (C=O) groups excluding carboxylic acids is 1. The Bertz CT molecular complexity index is 247. The fraction of sp³-hybridized carbons (Fsp3) is 0.950. The second-order valence-electron chi connectivity index (χ2n) is 7.63. The molecule has 23 heavy (non-hydrogen) atoms. The highest BCUT2D eigenvalue weighted by atomic mass is 16.4. The standard InChI is InChI=1S/C17H38N.C3H6O2/c1-5-6-7-8-9-10-11-12-13-14-15-16-17-18(2,3)4;1-2-3(4)5/h5-17H2,1-4H3;2H2,1H3,(H,4,5)/q+1;/p-1. The minimum absolute atomic E-state index is 0.111. The Kier molecular flexibility index (Phi) is 19.1. The molecule has 0 saturated carbocycles. The average molecular weight is 330 g/mol. The fourth-order valence-corrected chi connectivity index (χ4v) is 2.43. The highest BCUT2D eigenvalue weighted by Gasteiger charge is 2.04. The molecule has 0 radical (unpaired) electrons. The van der Waals surface area contributed by atoms with Gasteiger partial charge in [-0.3, -0.25) is 0 Å². The van der Waals surface area contributed by atoms with Crippen LogP contribution in [0.3, 0.4) is 0 Å². The van der Waals surface area contributed by atoms with E-state index in [1.807, 2.05) is 0 Å². The van der Waals surface area contributed by atoms with Gasteiger partial charge in [-0.05, 0) is 19.3 Å². The Morgan fingerprint density at radius 1 is 0.696 bits per heavy atom. The van der Waals surface area contributed by atoms with E-state index in [0.29, 0.717) is 0 Å². The zero-order valence-electron chi connectivity index (χ0n) is 16.7. The van der Waals surface area contributed by atoms with Gasteiger partial charge in [0.05, 0.1) is 27.7 Å². The van der Waals surface area contributed by atoms with Crippen molar-refractivity contribution < 1.29 is 14.4 Å². The Morgan fingerprint density at radius 2 is 1.00 bits per heavy atom. The van der Waals surface area contributed by atoms with Crippen LogP contribution in [0.1, 0.15) is 97.3 Å². The molecular weight excluding hydrogens is 286 g/mol. The Labute approximate surface area is 146 Å². The lowest BCUT2D eigenvalue weighted by atomic mass is 10.1. The monoisotopic (exact) mass is 329 g/mol. The van der Waals surface area contributed by atoms with E-state index in [2.05, 4.69) is 28.1 Å². The number of carbonyl (C=O) groups is 1. The lowest BCUT2D eigenvalue weighted by molar-refractivity contribution is -0.870. The normalized spacial score (nSPS) is 11.0. The Balaban J connectivity index is 0. The number of rotatable bonds is 14.